The largest absolute Gasteiger partial charge is 0.603 e. The molecule has 1 aromatic carbocycles. The predicted molar refractivity (Wildman–Crippen MR) is 95.5 cm³/mol. The average molecular weight is 333 g/mol. The fourth-order valence-electron chi connectivity index (χ4n) is 3.22. The maximum absolute atomic E-state index is 12.3. The number of fused-ring (bicyclic) bond motifs is 2. The van der Waals surface area contributed by atoms with E-state index in [0.29, 0.717) is 12.5 Å². The number of guanidine groups is 1. The molecule has 1 unspecified atom stereocenters. The van der Waals surface area contributed by atoms with Crippen LogP contribution in [-0.2, 0) is 17.6 Å². The molecule has 1 aliphatic heterocycles. The Morgan fingerprint density at radius 3 is 2.88 bits per heavy atom. The molecular formula is C17H27N5O2. The monoisotopic (exact) mass is 333 g/mol. The minimum absolute atomic E-state index is 0.0607. The van der Waals surface area contributed by atoms with E-state index in [1.54, 1.807) is 7.11 Å². The number of hydrogen-bond acceptors (Lipinski definition) is 4. The van der Waals surface area contributed by atoms with Crippen LogP contribution in [0, 0.1) is 5.21 Å². The number of ether oxygens (including phenoxy) is 1. The molecule has 24 heavy (non-hydrogen) atoms. The molecular weight excluding hydrogens is 306 g/mol. The smallest absolute Gasteiger partial charge is 0.243 e. The molecule has 132 valence electrons. The fraction of sp³-hybridized carbons (Fsp3) is 0.588. The molecule has 3 rings (SSSR count). The van der Waals surface area contributed by atoms with Crippen LogP contribution in [-0.4, -0.2) is 51.3 Å². The first kappa shape index (κ1) is 17.2. The van der Waals surface area contributed by atoms with Gasteiger partial charge in [-0.05, 0) is 56.5 Å². The summed E-state index contributed by atoms with van der Waals surface area (Å²) in [6, 6.07) is 4.14. The molecule has 0 fully saturated rings. The van der Waals surface area contributed by atoms with E-state index in [1.165, 1.54) is 17.5 Å². The molecule has 1 aliphatic carbocycles. The third kappa shape index (κ3) is 4.05. The van der Waals surface area contributed by atoms with Gasteiger partial charge in [-0.3, -0.25) is 0 Å². The quantitative estimate of drug-likeness (QED) is 0.499. The highest BCUT2D eigenvalue weighted by Gasteiger charge is 2.23. The Bertz CT molecular complexity index is 605. The van der Waals surface area contributed by atoms with Gasteiger partial charge in [0.25, 0.3) is 0 Å². The number of rotatable bonds is 7. The zero-order valence-corrected chi connectivity index (χ0v) is 14.5. The number of nitrogens with zero attached hydrogens (tertiary/aromatic N) is 2. The first-order valence-electron chi connectivity index (χ1n) is 8.63. The number of benzene rings is 1. The number of hydrogen-bond donors (Lipinski definition) is 3. The lowest BCUT2D eigenvalue weighted by Crippen LogP contribution is -3.11. The molecule has 3 N–H and O–H groups in total. The van der Waals surface area contributed by atoms with Crippen molar-refractivity contribution in [2.24, 2.45) is 4.99 Å². The van der Waals surface area contributed by atoms with E-state index < -0.39 is 0 Å². The van der Waals surface area contributed by atoms with Gasteiger partial charge in [-0.15, -0.1) is 0 Å². The van der Waals surface area contributed by atoms with E-state index >= 15 is 0 Å². The Labute approximate surface area is 143 Å². The van der Waals surface area contributed by atoms with Crippen molar-refractivity contribution in [1.82, 2.24) is 10.3 Å². The van der Waals surface area contributed by atoms with Crippen molar-refractivity contribution in [2.45, 2.75) is 25.7 Å². The number of likely N-dealkylation sites (N-methyl/N-ethyl adjacent to an activating group) is 1. The summed E-state index contributed by atoms with van der Waals surface area (Å²) in [6.45, 7) is 3.29. The molecule has 1 aromatic rings. The summed E-state index contributed by atoms with van der Waals surface area (Å²) >= 11 is 0. The molecule has 0 amide bonds. The molecule has 0 saturated carbocycles. The molecule has 7 heteroatoms. The highest BCUT2D eigenvalue weighted by atomic mass is 16.5. The molecule has 1 atom stereocenters. The fourth-order valence-corrected chi connectivity index (χ4v) is 3.22. The normalized spacial score (nSPS) is 20.7. The summed E-state index contributed by atoms with van der Waals surface area (Å²) in [5.74, 6) is 0.560. The predicted octanol–water partition coefficient (Wildman–Crippen LogP) is 0.444. The summed E-state index contributed by atoms with van der Waals surface area (Å²) < 4.78 is 5.06. The van der Waals surface area contributed by atoms with E-state index in [0.717, 1.165) is 50.3 Å². The van der Waals surface area contributed by atoms with Crippen LogP contribution in [0.4, 0.5) is 11.4 Å². The maximum Gasteiger partial charge on any atom is 0.243 e. The van der Waals surface area contributed by atoms with Gasteiger partial charge in [0, 0.05) is 26.3 Å². The van der Waals surface area contributed by atoms with Crippen LogP contribution in [0.25, 0.3) is 0 Å². The Hall–Kier alpha value is -1.67. The van der Waals surface area contributed by atoms with Gasteiger partial charge in [-0.2, -0.15) is 5.43 Å². The first-order valence-corrected chi connectivity index (χ1v) is 8.63. The minimum atomic E-state index is -0.0607. The van der Waals surface area contributed by atoms with Crippen molar-refractivity contribution in [1.29, 1.82) is 0 Å². The lowest BCUT2D eigenvalue weighted by Gasteiger charge is -2.31. The maximum atomic E-state index is 12.3. The van der Waals surface area contributed by atoms with Gasteiger partial charge < -0.3 is 20.2 Å². The number of aliphatic imine (C=N–C) groups is 1. The molecule has 0 radical (unpaired) electrons. The molecule has 0 bridgehead atoms. The number of methoxy groups -OCH3 is 1. The van der Waals surface area contributed by atoms with Gasteiger partial charge in [0.1, 0.15) is 5.69 Å². The molecule has 0 spiro atoms. The Morgan fingerprint density at radius 1 is 1.29 bits per heavy atom. The van der Waals surface area contributed by atoms with Gasteiger partial charge in [0.05, 0.1) is 6.61 Å². The third-order valence-corrected chi connectivity index (χ3v) is 4.61. The number of anilines is 1. The van der Waals surface area contributed by atoms with Gasteiger partial charge in [-0.1, -0.05) is 0 Å². The molecule has 1 heterocycles. The van der Waals surface area contributed by atoms with Crippen molar-refractivity contribution < 1.29 is 9.91 Å². The van der Waals surface area contributed by atoms with Gasteiger partial charge in [-0.25, -0.2) is 10.2 Å². The summed E-state index contributed by atoms with van der Waals surface area (Å²) in [5.41, 5.74) is 7.13. The number of nitrogens with one attached hydrogen (secondary N) is 3. The van der Waals surface area contributed by atoms with Crippen LogP contribution < -0.4 is 15.9 Å². The minimum Gasteiger partial charge on any atom is -0.603 e. The summed E-state index contributed by atoms with van der Waals surface area (Å²) in [5, 5.41) is 15.5. The zero-order chi connectivity index (χ0) is 16.9. The van der Waals surface area contributed by atoms with Crippen molar-refractivity contribution in [2.75, 3.05) is 45.7 Å². The molecule has 2 aliphatic rings. The summed E-state index contributed by atoms with van der Waals surface area (Å²) in [4.78, 5) is 6.71. The topological polar surface area (TPSA) is 76.4 Å². The Kier molecular flexibility index (Phi) is 5.68. The van der Waals surface area contributed by atoms with Gasteiger partial charge >= 0.3 is 0 Å². The van der Waals surface area contributed by atoms with E-state index in [4.69, 9.17) is 4.74 Å². The number of aryl methyl sites for hydroxylation is 2. The van der Waals surface area contributed by atoms with E-state index in [1.807, 2.05) is 6.07 Å². The Balaban J connectivity index is 1.55. The average Bonchev–Trinajstić information content (AvgIpc) is 3.02. The summed E-state index contributed by atoms with van der Waals surface area (Å²) in [6.07, 6.45) is 4.30. The molecule has 7 nitrogen and oxygen atoms in total. The molecule has 0 saturated heterocycles. The van der Waals surface area contributed by atoms with Crippen molar-refractivity contribution in [3.8, 4) is 0 Å². The van der Waals surface area contributed by atoms with Crippen LogP contribution in [0.2, 0.25) is 0 Å². The van der Waals surface area contributed by atoms with Crippen LogP contribution in [0.15, 0.2) is 17.1 Å². The first-order chi connectivity index (χ1) is 11.7. The lowest BCUT2D eigenvalue weighted by atomic mass is 10.1. The van der Waals surface area contributed by atoms with Crippen LogP contribution >= 0.6 is 0 Å². The van der Waals surface area contributed by atoms with Crippen molar-refractivity contribution in [3.05, 3.63) is 28.5 Å². The van der Waals surface area contributed by atoms with E-state index in [2.05, 4.69) is 33.7 Å². The summed E-state index contributed by atoms with van der Waals surface area (Å²) in [7, 11) is 3.79. The van der Waals surface area contributed by atoms with Crippen molar-refractivity contribution >= 4 is 17.3 Å². The van der Waals surface area contributed by atoms with Gasteiger partial charge in [0.2, 0.25) is 5.96 Å². The molecule has 0 aromatic heterocycles. The third-order valence-electron chi connectivity index (χ3n) is 4.61. The highest BCUT2D eigenvalue weighted by Crippen LogP contribution is 2.30. The second kappa shape index (κ2) is 7.94. The second-order valence-electron chi connectivity index (χ2n) is 6.48. The van der Waals surface area contributed by atoms with Crippen molar-refractivity contribution in [3.63, 3.8) is 0 Å². The highest BCUT2D eigenvalue weighted by molar-refractivity contribution is 5.96. The van der Waals surface area contributed by atoms with Crippen LogP contribution in [0.3, 0.4) is 0 Å². The SMILES string of the molecule is COCCN(C)CCCN=C1Nc2cc3c(cc2[NH+]([O-])N1)CCC3. The van der Waals surface area contributed by atoms with E-state index in [9.17, 15) is 5.21 Å². The lowest BCUT2D eigenvalue weighted by molar-refractivity contribution is -0.816. The number of quaternary nitrogens is 1. The second-order valence-corrected chi connectivity index (χ2v) is 6.48. The zero-order valence-electron chi connectivity index (χ0n) is 14.5. The Morgan fingerprint density at radius 2 is 2.08 bits per heavy atom. The van der Waals surface area contributed by atoms with Gasteiger partial charge in [0.15, 0.2) is 5.69 Å². The van der Waals surface area contributed by atoms with E-state index in [-0.39, 0.29) is 5.17 Å². The van der Waals surface area contributed by atoms with Crippen LogP contribution in [0.5, 0.6) is 0 Å². The standard InChI is InChI=1S/C17H27N5O2/c1-21(9-10-24-2)8-4-7-18-17-19-15-11-13-5-3-6-14(13)12-16(15)22(23)20-17/h11-12,22H,3-10H2,1-2H3,(H2,18,19,20). The van der Waals surface area contributed by atoms with Crippen LogP contribution in [0.1, 0.15) is 24.0 Å².